The molecule has 2 rings (SSSR count). The summed E-state index contributed by atoms with van der Waals surface area (Å²) in [5, 5.41) is 36.2. The molecule has 0 radical (unpaired) electrons. The second-order valence-corrected chi connectivity index (χ2v) is 4.21. The topological polar surface area (TPSA) is 175 Å². The molecule has 0 aromatic carbocycles. The van der Waals surface area contributed by atoms with Crippen LogP contribution >= 0.6 is 0 Å². The van der Waals surface area contributed by atoms with Crippen LogP contribution in [0.3, 0.4) is 0 Å². The number of azide groups is 1. The number of nitrogens with zero attached hydrogens (tertiary/aromatic N) is 6. The van der Waals surface area contributed by atoms with Gasteiger partial charge in [0, 0.05) is 4.91 Å². The summed E-state index contributed by atoms with van der Waals surface area (Å²) in [5.74, 6) is 0.126. The van der Waals surface area contributed by atoms with Gasteiger partial charge in [-0.15, -0.1) is 5.10 Å². The van der Waals surface area contributed by atoms with E-state index in [9.17, 15) is 15.3 Å². The molecule has 5 N–H and O–H groups in total. The molecule has 1 fully saturated rings. The van der Waals surface area contributed by atoms with Crippen molar-refractivity contribution < 1.29 is 20.1 Å². The molecule has 1 aromatic heterocycles. The van der Waals surface area contributed by atoms with E-state index in [2.05, 4.69) is 26.7 Å². The highest BCUT2D eigenvalue weighted by Gasteiger charge is 2.55. The maximum atomic E-state index is 9.94. The molecule has 0 saturated carbocycles. The summed E-state index contributed by atoms with van der Waals surface area (Å²) in [7, 11) is 0. The largest absolute Gasteiger partial charge is 0.396 e. The van der Waals surface area contributed by atoms with E-state index in [4.69, 9.17) is 16.0 Å². The summed E-state index contributed by atoms with van der Waals surface area (Å²) in [4.78, 5) is 6.32. The van der Waals surface area contributed by atoms with Crippen LogP contribution in [-0.4, -0.2) is 54.6 Å². The van der Waals surface area contributed by atoms with Crippen LogP contribution in [0.25, 0.3) is 16.1 Å². The quantitative estimate of drug-likeness (QED) is 0.294. The normalized spacial score (nSPS) is 32.9. The van der Waals surface area contributed by atoms with Gasteiger partial charge in [-0.05, 0) is 5.53 Å². The molecule has 0 amide bonds. The minimum Gasteiger partial charge on any atom is -0.396 e. The number of aliphatic hydroxyl groups is 3. The maximum Gasteiger partial charge on any atom is 0.200 e. The van der Waals surface area contributed by atoms with Gasteiger partial charge < -0.3 is 25.8 Å². The molecule has 11 nitrogen and oxygen atoms in total. The molecule has 0 bridgehead atoms. The van der Waals surface area contributed by atoms with Gasteiger partial charge in [0.25, 0.3) is 0 Å². The second kappa shape index (κ2) is 5.07. The number of nitrogens with two attached hydrogens (primary N) is 1. The Balaban J connectivity index is 2.34. The summed E-state index contributed by atoms with van der Waals surface area (Å²) in [6, 6.07) is 0. The Morgan fingerprint density at radius 1 is 1.70 bits per heavy atom. The molecule has 0 spiro atoms. The molecule has 108 valence electrons. The van der Waals surface area contributed by atoms with E-state index >= 15 is 0 Å². The van der Waals surface area contributed by atoms with Gasteiger partial charge in [-0.25, -0.2) is 9.67 Å². The van der Waals surface area contributed by atoms with Crippen molar-refractivity contribution in [2.75, 3.05) is 6.61 Å². The number of rotatable bonds is 4. The monoisotopic (exact) mass is 283 g/mol. The third-order valence-corrected chi connectivity index (χ3v) is 2.90. The number of ether oxygens (including phenoxy) is 1. The van der Waals surface area contributed by atoms with Gasteiger partial charge in [0.1, 0.15) is 18.5 Å². The van der Waals surface area contributed by atoms with Gasteiger partial charge in [0.05, 0.1) is 12.3 Å². The van der Waals surface area contributed by atoms with Crippen LogP contribution in [0.5, 0.6) is 0 Å². The van der Waals surface area contributed by atoms with E-state index in [1.54, 1.807) is 0 Å². The van der Waals surface area contributed by atoms with Crippen molar-refractivity contribution in [3.8, 4) is 0 Å². The molecule has 2 heterocycles. The molecule has 1 saturated heterocycles. The van der Waals surface area contributed by atoms with E-state index in [1.165, 1.54) is 6.33 Å². The van der Waals surface area contributed by atoms with E-state index in [1.807, 2.05) is 0 Å². The Labute approximate surface area is 112 Å². The molecule has 1 aliphatic heterocycles. The van der Waals surface area contributed by atoms with Crippen molar-refractivity contribution in [3.63, 3.8) is 0 Å². The van der Waals surface area contributed by atoms with Gasteiger partial charge in [0.2, 0.25) is 5.72 Å². The zero-order valence-corrected chi connectivity index (χ0v) is 10.2. The first-order chi connectivity index (χ1) is 9.45. The van der Waals surface area contributed by atoms with Crippen molar-refractivity contribution in [2.24, 2.45) is 10.8 Å². The van der Waals surface area contributed by atoms with E-state index in [-0.39, 0.29) is 11.5 Å². The van der Waals surface area contributed by atoms with Crippen LogP contribution < -0.4 is 5.73 Å². The lowest BCUT2D eigenvalue weighted by Gasteiger charge is -2.23. The fourth-order valence-corrected chi connectivity index (χ4v) is 1.85. The van der Waals surface area contributed by atoms with Crippen molar-refractivity contribution in [3.05, 3.63) is 29.2 Å². The standard InChI is InChI=1S/C9H13N7O4/c1-4(10)7-12-3-16(13-7)8-5(18)6(19)9(2-17,20-8)14-15-11/h3,5-6,8,17-19H,1-2,10H2/t5-,6+,8-,9-/m1/s1. The average Bonchev–Trinajstić information content (AvgIpc) is 2.99. The average molecular weight is 283 g/mol. The van der Waals surface area contributed by atoms with Crippen LogP contribution in [0, 0.1) is 0 Å². The first kappa shape index (κ1) is 14.2. The predicted molar refractivity (Wildman–Crippen MR) is 64.3 cm³/mol. The predicted octanol–water partition coefficient (Wildman–Crippen LogP) is -1.54. The third kappa shape index (κ3) is 2.09. The first-order valence-electron chi connectivity index (χ1n) is 5.52. The lowest BCUT2D eigenvalue weighted by Crippen LogP contribution is -2.44. The summed E-state index contributed by atoms with van der Waals surface area (Å²) < 4.78 is 6.35. The number of hydrogen-bond acceptors (Lipinski definition) is 8. The Morgan fingerprint density at radius 3 is 2.90 bits per heavy atom. The van der Waals surface area contributed by atoms with Crippen molar-refractivity contribution in [2.45, 2.75) is 24.2 Å². The molecule has 0 unspecified atom stereocenters. The van der Waals surface area contributed by atoms with Crippen LogP contribution in [0.15, 0.2) is 18.0 Å². The van der Waals surface area contributed by atoms with Crippen molar-refractivity contribution >= 4 is 5.70 Å². The summed E-state index contributed by atoms with van der Waals surface area (Å²) in [5.41, 5.74) is 12.0. The lowest BCUT2D eigenvalue weighted by atomic mass is 10.1. The summed E-state index contributed by atoms with van der Waals surface area (Å²) in [6.45, 7) is 2.65. The van der Waals surface area contributed by atoms with Gasteiger partial charge in [0.15, 0.2) is 12.1 Å². The Hall–Kier alpha value is -2.17. The zero-order chi connectivity index (χ0) is 14.9. The highest BCUT2D eigenvalue weighted by molar-refractivity contribution is 5.51. The highest BCUT2D eigenvalue weighted by Crippen LogP contribution is 2.37. The minimum absolute atomic E-state index is 0.111. The van der Waals surface area contributed by atoms with Crippen molar-refractivity contribution in [1.29, 1.82) is 0 Å². The summed E-state index contributed by atoms with van der Waals surface area (Å²) >= 11 is 0. The Bertz CT molecular complexity index is 568. The van der Waals surface area contributed by atoms with Crippen LogP contribution in [0.4, 0.5) is 0 Å². The van der Waals surface area contributed by atoms with Crippen LogP contribution in [0.2, 0.25) is 0 Å². The molecular formula is C9H13N7O4. The fraction of sp³-hybridized carbons (Fsp3) is 0.556. The molecule has 11 heteroatoms. The van der Waals surface area contributed by atoms with Gasteiger partial charge in [-0.3, -0.25) is 0 Å². The SMILES string of the molecule is C=C(N)c1ncn([C@@H]2O[C@@](CO)(N=[N+]=[N-])[C@@H](O)[C@H]2O)n1. The molecule has 20 heavy (non-hydrogen) atoms. The Morgan fingerprint density at radius 2 is 2.40 bits per heavy atom. The van der Waals surface area contributed by atoms with E-state index < -0.39 is 30.8 Å². The maximum absolute atomic E-state index is 9.94. The van der Waals surface area contributed by atoms with Crippen molar-refractivity contribution in [1.82, 2.24) is 14.8 Å². The molecular weight excluding hydrogens is 270 g/mol. The minimum atomic E-state index is -1.98. The van der Waals surface area contributed by atoms with E-state index in [0.717, 1.165) is 4.68 Å². The molecule has 1 aliphatic rings. The highest BCUT2D eigenvalue weighted by atomic mass is 16.6. The second-order valence-electron chi connectivity index (χ2n) is 4.21. The number of aromatic nitrogens is 3. The number of aliphatic hydroxyl groups excluding tert-OH is 3. The van der Waals surface area contributed by atoms with E-state index in [0.29, 0.717) is 0 Å². The molecule has 1 aromatic rings. The van der Waals surface area contributed by atoms with Gasteiger partial charge in [-0.1, -0.05) is 11.7 Å². The smallest absolute Gasteiger partial charge is 0.200 e. The first-order valence-corrected chi connectivity index (χ1v) is 5.52. The van der Waals surface area contributed by atoms with Crippen LogP contribution in [-0.2, 0) is 4.74 Å². The van der Waals surface area contributed by atoms with Crippen LogP contribution in [0.1, 0.15) is 12.1 Å². The molecule has 0 aliphatic carbocycles. The lowest BCUT2D eigenvalue weighted by molar-refractivity contribution is -0.126. The Kier molecular flexibility index (Phi) is 3.61. The van der Waals surface area contributed by atoms with Gasteiger partial charge in [-0.2, -0.15) is 0 Å². The fourth-order valence-electron chi connectivity index (χ4n) is 1.85. The molecule has 4 atom stereocenters. The number of hydrogen-bond donors (Lipinski definition) is 4. The third-order valence-electron chi connectivity index (χ3n) is 2.90. The summed E-state index contributed by atoms with van der Waals surface area (Å²) in [6.07, 6.45) is -3.09. The van der Waals surface area contributed by atoms with Gasteiger partial charge >= 0.3 is 0 Å². The zero-order valence-electron chi connectivity index (χ0n) is 10.2.